The van der Waals surface area contributed by atoms with E-state index in [2.05, 4.69) is 85.2 Å². The molecule has 4 heteroatoms. The summed E-state index contributed by atoms with van der Waals surface area (Å²) in [7, 11) is 4.18. The summed E-state index contributed by atoms with van der Waals surface area (Å²) in [5, 5.41) is 12.1. The van der Waals surface area contributed by atoms with E-state index in [4.69, 9.17) is 4.42 Å². The Morgan fingerprint density at radius 2 is 1.76 bits per heavy atom. The Morgan fingerprint density at radius 3 is 2.55 bits per heavy atom. The van der Waals surface area contributed by atoms with Crippen molar-refractivity contribution in [3.8, 4) is 28.5 Å². The van der Waals surface area contributed by atoms with Crippen LogP contribution in [0.25, 0.3) is 44.3 Å². The summed E-state index contributed by atoms with van der Waals surface area (Å²) in [6.07, 6.45) is 3.07. The number of nitrogens with zero attached hydrogens (tertiary/aromatic N) is 3. The number of aromatic nitrogens is 1. The molecule has 5 aromatic rings. The highest BCUT2D eigenvalue weighted by molar-refractivity contribution is 6.14. The van der Waals surface area contributed by atoms with Crippen molar-refractivity contribution in [3.05, 3.63) is 83.6 Å². The van der Waals surface area contributed by atoms with Crippen LogP contribution in [0, 0.1) is 18.3 Å². The second-order valence-corrected chi connectivity index (χ2v) is 8.92. The van der Waals surface area contributed by atoms with E-state index >= 15 is 0 Å². The predicted octanol–water partition coefficient (Wildman–Crippen LogP) is 5.92. The van der Waals surface area contributed by atoms with Gasteiger partial charge < -0.3 is 9.32 Å². The van der Waals surface area contributed by atoms with Crippen LogP contribution in [0.15, 0.2) is 71.3 Å². The van der Waals surface area contributed by atoms with Crippen LogP contribution in [-0.2, 0) is 13.5 Å². The van der Waals surface area contributed by atoms with Gasteiger partial charge in [-0.2, -0.15) is 5.26 Å². The molecule has 0 amide bonds. The summed E-state index contributed by atoms with van der Waals surface area (Å²) in [4.78, 5) is 2.28. The zero-order valence-electron chi connectivity index (χ0n) is 19.0. The first kappa shape index (κ1) is 19.6. The van der Waals surface area contributed by atoms with Crippen LogP contribution in [0.4, 0.5) is 5.69 Å². The van der Waals surface area contributed by atoms with Crippen LogP contribution in [-0.4, -0.2) is 13.6 Å². The Labute approximate surface area is 192 Å². The molecule has 33 heavy (non-hydrogen) atoms. The first-order chi connectivity index (χ1) is 16.1. The second kappa shape index (κ2) is 7.21. The van der Waals surface area contributed by atoms with Crippen LogP contribution in [0.3, 0.4) is 0 Å². The Kier molecular flexibility index (Phi) is 4.28. The quantitative estimate of drug-likeness (QED) is 0.327. The van der Waals surface area contributed by atoms with Gasteiger partial charge in [0.05, 0.1) is 17.2 Å². The Bertz CT molecular complexity index is 1620. The lowest BCUT2D eigenvalue weighted by molar-refractivity contribution is -0.660. The van der Waals surface area contributed by atoms with Crippen LogP contribution < -0.4 is 9.47 Å². The monoisotopic (exact) mass is 430 g/mol. The number of nitriles is 1. The molecule has 6 rings (SSSR count). The number of anilines is 1. The van der Waals surface area contributed by atoms with Crippen molar-refractivity contribution in [2.24, 2.45) is 7.05 Å². The molecule has 1 aliphatic rings. The van der Waals surface area contributed by atoms with Gasteiger partial charge in [0.25, 0.3) is 0 Å². The number of hydrogen-bond donors (Lipinski definition) is 0. The van der Waals surface area contributed by atoms with Crippen molar-refractivity contribution >= 4 is 27.6 Å². The highest BCUT2D eigenvalue weighted by Gasteiger charge is 2.24. The number of fused-ring (bicyclic) bond motifs is 4. The molecule has 0 saturated carbocycles. The summed E-state index contributed by atoms with van der Waals surface area (Å²) < 4.78 is 8.79. The van der Waals surface area contributed by atoms with Crippen molar-refractivity contribution in [2.45, 2.75) is 13.3 Å². The minimum Gasteiger partial charge on any atom is -0.454 e. The fourth-order valence-electron chi connectivity index (χ4n) is 5.21. The van der Waals surface area contributed by atoms with Gasteiger partial charge in [-0.15, -0.1) is 0 Å². The molecule has 0 fully saturated rings. The normalized spacial score (nSPS) is 13.0. The molecule has 0 N–H and O–H groups in total. The maximum atomic E-state index is 9.96. The van der Waals surface area contributed by atoms with Gasteiger partial charge in [0.15, 0.2) is 6.20 Å². The third-order valence-corrected chi connectivity index (χ3v) is 6.95. The molecule has 0 spiro atoms. The molecule has 0 saturated heterocycles. The topological polar surface area (TPSA) is 44.1 Å². The zero-order chi connectivity index (χ0) is 22.7. The van der Waals surface area contributed by atoms with E-state index in [1.807, 2.05) is 18.2 Å². The van der Waals surface area contributed by atoms with Crippen LogP contribution in [0.5, 0.6) is 0 Å². The molecular formula is C29H24N3O+. The van der Waals surface area contributed by atoms with Gasteiger partial charge in [-0.3, -0.25) is 0 Å². The van der Waals surface area contributed by atoms with Crippen LogP contribution >= 0.6 is 0 Å². The summed E-state index contributed by atoms with van der Waals surface area (Å²) in [6, 6.07) is 23.3. The second-order valence-electron chi connectivity index (χ2n) is 8.92. The average Bonchev–Trinajstić information content (AvgIpc) is 3.39. The number of aryl methyl sites for hydroxylation is 2. The lowest BCUT2D eigenvalue weighted by atomic mass is 9.95. The standard InChI is InChI=1S/C29H24N3O/c1-18-7-10-22-23-11-8-21(17-30)27(20-9-12-24-19(16-20)13-15-32(24)3)29(23)33-28(22)26(18)25-6-4-5-14-31(25)2/h4-12,14,16H,13,15H2,1-3H3/q+1. The summed E-state index contributed by atoms with van der Waals surface area (Å²) in [5.41, 5.74) is 10.1. The van der Waals surface area contributed by atoms with E-state index in [1.165, 1.54) is 11.3 Å². The molecule has 0 unspecified atom stereocenters. The van der Waals surface area contributed by atoms with E-state index in [1.54, 1.807) is 0 Å². The Balaban J connectivity index is 1.69. The largest absolute Gasteiger partial charge is 0.454 e. The Morgan fingerprint density at radius 1 is 0.970 bits per heavy atom. The fraction of sp³-hybridized carbons (Fsp3) is 0.172. The van der Waals surface area contributed by atoms with Gasteiger partial charge in [0.2, 0.25) is 5.69 Å². The molecule has 4 nitrogen and oxygen atoms in total. The molecule has 0 aliphatic carbocycles. The zero-order valence-corrected chi connectivity index (χ0v) is 19.0. The fourth-order valence-corrected chi connectivity index (χ4v) is 5.21. The smallest absolute Gasteiger partial charge is 0.216 e. The Hall–Kier alpha value is -4.10. The van der Waals surface area contributed by atoms with E-state index in [-0.39, 0.29) is 0 Å². The van der Waals surface area contributed by atoms with Crippen LogP contribution in [0.2, 0.25) is 0 Å². The van der Waals surface area contributed by atoms with Crippen molar-refractivity contribution in [3.63, 3.8) is 0 Å². The molecular weight excluding hydrogens is 406 g/mol. The first-order valence-electron chi connectivity index (χ1n) is 11.2. The third-order valence-electron chi connectivity index (χ3n) is 6.95. The minimum absolute atomic E-state index is 0.636. The number of furan rings is 1. The lowest BCUT2D eigenvalue weighted by Gasteiger charge is -2.13. The van der Waals surface area contributed by atoms with Gasteiger partial charge in [-0.1, -0.05) is 18.2 Å². The molecule has 2 aromatic heterocycles. The molecule has 0 bridgehead atoms. The highest BCUT2D eigenvalue weighted by Crippen LogP contribution is 2.42. The number of likely N-dealkylation sites (N-methyl/N-ethyl adjacent to an activating group) is 1. The third kappa shape index (κ3) is 2.86. The van der Waals surface area contributed by atoms with Gasteiger partial charge in [0.1, 0.15) is 18.2 Å². The van der Waals surface area contributed by atoms with E-state index in [0.717, 1.165) is 62.9 Å². The van der Waals surface area contributed by atoms with Crippen LogP contribution in [0.1, 0.15) is 16.7 Å². The van der Waals surface area contributed by atoms with E-state index in [0.29, 0.717) is 5.56 Å². The summed E-state index contributed by atoms with van der Waals surface area (Å²) in [5.74, 6) is 0. The first-order valence-corrected chi connectivity index (χ1v) is 11.2. The average molecular weight is 431 g/mol. The van der Waals surface area contributed by atoms with E-state index in [9.17, 15) is 5.26 Å². The summed E-state index contributed by atoms with van der Waals surface area (Å²) in [6.45, 7) is 3.14. The van der Waals surface area contributed by atoms with Crippen molar-refractivity contribution in [2.75, 3.05) is 18.5 Å². The van der Waals surface area contributed by atoms with Crippen molar-refractivity contribution in [1.82, 2.24) is 0 Å². The summed E-state index contributed by atoms with van der Waals surface area (Å²) >= 11 is 0. The maximum absolute atomic E-state index is 9.96. The van der Waals surface area contributed by atoms with Gasteiger partial charge in [-0.05, 0) is 60.4 Å². The number of benzene rings is 3. The molecule has 3 aromatic carbocycles. The highest BCUT2D eigenvalue weighted by atomic mass is 16.3. The molecule has 0 atom stereocenters. The maximum Gasteiger partial charge on any atom is 0.216 e. The SMILES string of the molecule is Cc1ccc2c(oc3c(-c4ccc5c(c4)CCN5C)c(C#N)ccc32)c1-c1cccc[n+]1C. The minimum atomic E-state index is 0.636. The molecule has 0 radical (unpaired) electrons. The number of pyridine rings is 1. The van der Waals surface area contributed by atoms with E-state index < -0.39 is 0 Å². The van der Waals surface area contributed by atoms with Gasteiger partial charge >= 0.3 is 0 Å². The van der Waals surface area contributed by atoms with Crippen molar-refractivity contribution < 1.29 is 8.98 Å². The number of hydrogen-bond acceptors (Lipinski definition) is 3. The molecule has 160 valence electrons. The predicted molar refractivity (Wildman–Crippen MR) is 132 cm³/mol. The van der Waals surface area contributed by atoms with Crippen molar-refractivity contribution in [1.29, 1.82) is 5.26 Å². The number of rotatable bonds is 2. The molecule has 3 heterocycles. The van der Waals surface area contributed by atoms with Gasteiger partial charge in [-0.25, -0.2) is 4.57 Å². The lowest BCUT2D eigenvalue weighted by Crippen LogP contribution is -2.30. The van der Waals surface area contributed by atoms with Gasteiger partial charge in [0, 0.05) is 47.7 Å². The molecule has 1 aliphatic heterocycles.